The molecule has 0 bridgehead atoms. The largest absolute Gasteiger partial charge is 0.325 e. The van der Waals surface area contributed by atoms with Gasteiger partial charge in [0.25, 0.3) is 11.5 Å². The van der Waals surface area contributed by atoms with Crippen LogP contribution in [-0.2, 0) is 16.8 Å². The molecule has 144 valence electrons. The molecule has 8 nitrogen and oxygen atoms in total. The van der Waals surface area contributed by atoms with Gasteiger partial charge >= 0.3 is 6.03 Å². The number of aromatic amines is 1. The number of hydrogen-bond acceptors (Lipinski definition) is 5. The third-order valence-electron chi connectivity index (χ3n) is 5.10. The molecule has 3 aromatic rings. The average molecular weight is 387 g/mol. The Labute approximate surface area is 165 Å². The van der Waals surface area contributed by atoms with Gasteiger partial charge in [0.15, 0.2) is 0 Å². The van der Waals surface area contributed by atoms with Gasteiger partial charge in [-0.1, -0.05) is 24.3 Å². The number of carbonyl (C=O) groups excluding carboxylic acids is 2. The third-order valence-corrected chi connectivity index (χ3v) is 5.10. The quantitative estimate of drug-likeness (QED) is 0.662. The fourth-order valence-electron chi connectivity index (χ4n) is 3.44. The molecule has 0 saturated carbocycles. The fraction of sp³-hybridized carbons (Fsp3) is 0.190. The third kappa shape index (κ3) is 3.12. The van der Waals surface area contributed by atoms with Gasteiger partial charge in [-0.2, -0.15) is 5.26 Å². The van der Waals surface area contributed by atoms with Gasteiger partial charge in [0.1, 0.15) is 11.4 Å². The average Bonchev–Trinajstić information content (AvgIpc) is 2.95. The van der Waals surface area contributed by atoms with Gasteiger partial charge in [-0.15, -0.1) is 0 Å². The van der Waals surface area contributed by atoms with Gasteiger partial charge < -0.3 is 10.3 Å². The van der Waals surface area contributed by atoms with Crippen molar-refractivity contribution in [1.82, 2.24) is 20.2 Å². The number of nitrogens with zero attached hydrogens (tertiary/aromatic N) is 3. The number of hydrogen-bond donors (Lipinski definition) is 2. The molecule has 1 atom stereocenters. The first-order chi connectivity index (χ1) is 13.9. The first kappa shape index (κ1) is 18.4. The number of H-pyrrole nitrogens is 1. The Hall–Kier alpha value is -3.99. The van der Waals surface area contributed by atoms with Crippen LogP contribution >= 0.6 is 0 Å². The van der Waals surface area contributed by atoms with Gasteiger partial charge in [0, 0.05) is 13.0 Å². The first-order valence-corrected chi connectivity index (χ1v) is 9.05. The Morgan fingerprint density at radius 3 is 2.55 bits per heavy atom. The highest BCUT2D eigenvalue weighted by molar-refractivity contribution is 6.07. The van der Waals surface area contributed by atoms with Gasteiger partial charge in [0.2, 0.25) is 0 Å². The van der Waals surface area contributed by atoms with Crippen LogP contribution in [0.3, 0.4) is 0 Å². The smallest absolute Gasteiger partial charge is 0.319 e. The van der Waals surface area contributed by atoms with E-state index in [0.717, 1.165) is 4.90 Å². The molecule has 1 aromatic heterocycles. The Balaban J connectivity index is 1.55. The zero-order chi connectivity index (χ0) is 20.6. The summed E-state index contributed by atoms with van der Waals surface area (Å²) in [6, 6.07) is 15.0. The maximum absolute atomic E-state index is 13.0. The SMILES string of the molecule is CC1(c2ccc(C#N)cc2)NC(=O)N(CCc2nc3ccccc3c(=O)[nH]2)C1=O. The molecule has 1 unspecified atom stereocenters. The van der Waals surface area contributed by atoms with E-state index in [0.29, 0.717) is 27.9 Å². The molecule has 0 radical (unpaired) electrons. The number of fused-ring (bicyclic) bond motifs is 1. The Morgan fingerprint density at radius 2 is 1.83 bits per heavy atom. The molecule has 8 heteroatoms. The Bertz CT molecular complexity index is 1230. The summed E-state index contributed by atoms with van der Waals surface area (Å²) in [6.45, 7) is 1.71. The maximum atomic E-state index is 13.0. The van der Waals surface area contributed by atoms with Crippen molar-refractivity contribution in [3.05, 3.63) is 75.8 Å². The molecule has 4 rings (SSSR count). The molecular formula is C21H17N5O3. The molecule has 1 aliphatic heterocycles. The van der Waals surface area contributed by atoms with Gasteiger partial charge in [0.05, 0.1) is 22.5 Å². The number of para-hydroxylation sites is 1. The van der Waals surface area contributed by atoms with Crippen LogP contribution in [0.2, 0.25) is 0 Å². The van der Waals surface area contributed by atoms with Crippen LogP contribution in [0.15, 0.2) is 53.3 Å². The highest BCUT2D eigenvalue weighted by Gasteiger charge is 2.48. The van der Waals surface area contributed by atoms with E-state index in [1.807, 2.05) is 6.07 Å². The first-order valence-electron chi connectivity index (χ1n) is 9.05. The lowest BCUT2D eigenvalue weighted by atomic mass is 9.91. The summed E-state index contributed by atoms with van der Waals surface area (Å²) >= 11 is 0. The molecule has 0 spiro atoms. The van der Waals surface area contributed by atoms with Crippen molar-refractivity contribution in [1.29, 1.82) is 5.26 Å². The minimum absolute atomic E-state index is 0.0812. The molecular weight excluding hydrogens is 370 g/mol. The summed E-state index contributed by atoms with van der Waals surface area (Å²) in [5.41, 5.74) is 0.151. The van der Waals surface area contributed by atoms with Crippen LogP contribution in [-0.4, -0.2) is 33.4 Å². The van der Waals surface area contributed by atoms with Crippen molar-refractivity contribution in [2.24, 2.45) is 0 Å². The number of nitriles is 1. The second-order valence-electron chi connectivity index (χ2n) is 6.98. The van der Waals surface area contributed by atoms with Crippen LogP contribution in [0.1, 0.15) is 23.9 Å². The van der Waals surface area contributed by atoms with E-state index in [4.69, 9.17) is 5.26 Å². The minimum atomic E-state index is -1.21. The molecule has 0 aliphatic carbocycles. The lowest BCUT2D eigenvalue weighted by Gasteiger charge is -2.22. The molecule has 2 N–H and O–H groups in total. The van der Waals surface area contributed by atoms with Crippen LogP contribution in [0, 0.1) is 11.3 Å². The van der Waals surface area contributed by atoms with E-state index < -0.39 is 17.5 Å². The molecule has 1 fully saturated rings. The fourth-order valence-corrected chi connectivity index (χ4v) is 3.44. The van der Waals surface area contributed by atoms with E-state index in [9.17, 15) is 14.4 Å². The van der Waals surface area contributed by atoms with E-state index in [-0.39, 0.29) is 18.5 Å². The van der Waals surface area contributed by atoms with Crippen molar-refractivity contribution in [3.63, 3.8) is 0 Å². The van der Waals surface area contributed by atoms with E-state index in [1.165, 1.54) is 0 Å². The summed E-state index contributed by atoms with van der Waals surface area (Å²) in [5, 5.41) is 12.1. The van der Waals surface area contributed by atoms with Crippen molar-refractivity contribution in [2.45, 2.75) is 18.9 Å². The number of urea groups is 1. The highest BCUT2D eigenvalue weighted by atomic mass is 16.2. The van der Waals surface area contributed by atoms with Crippen molar-refractivity contribution in [2.75, 3.05) is 6.54 Å². The number of amides is 3. The standard InChI is InChI=1S/C21H17N5O3/c1-21(14-8-6-13(12-22)7-9-14)19(28)26(20(29)25-21)11-10-17-23-16-5-3-2-4-15(16)18(27)24-17/h2-9H,10-11H2,1H3,(H,25,29)(H,23,24,27). The van der Waals surface area contributed by atoms with Crippen molar-refractivity contribution >= 4 is 22.8 Å². The van der Waals surface area contributed by atoms with Crippen LogP contribution < -0.4 is 10.9 Å². The lowest BCUT2D eigenvalue weighted by Crippen LogP contribution is -2.41. The van der Waals surface area contributed by atoms with Gasteiger partial charge in [-0.05, 0) is 36.8 Å². The van der Waals surface area contributed by atoms with Crippen molar-refractivity contribution in [3.8, 4) is 6.07 Å². The number of imide groups is 1. The predicted molar refractivity (Wildman–Crippen MR) is 105 cm³/mol. The molecule has 29 heavy (non-hydrogen) atoms. The number of benzene rings is 2. The van der Waals surface area contributed by atoms with Crippen molar-refractivity contribution < 1.29 is 9.59 Å². The summed E-state index contributed by atoms with van der Waals surface area (Å²) in [5.74, 6) is 0.0108. The number of aromatic nitrogens is 2. The second kappa shape index (κ2) is 6.87. The molecule has 1 aliphatic rings. The maximum Gasteiger partial charge on any atom is 0.325 e. The minimum Gasteiger partial charge on any atom is -0.319 e. The summed E-state index contributed by atoms with van der Waals surface area (Å²) in [7, 11) is 0. The van der Waals surface area contributed by atoms with E-state index >= 15 is 0 Å². The van der Waals surface area contributed by atoms with Crippen LogP contribution in [0.4, 0.5) is 4.79 Å². The molecule has 2 heterocycles. The summed E-state index contributed by atoms with van der Waals surface area (Å²) < 4.78 is 0. The van der Waals surface area contributed by atoms with Gasteiger partial charge in [-0.3, -0.25) is 14.5 Å². The lowest BCUT2D eigenvalue weighted by molar-refractivity contribution is -0.131. The summed E-state index contributed by atoms with van der Waals surface area (Å²) in [6.07, 6.45) is 0.225. The van der Waals surface area contributed by atoms with Gasteiger partial charge in [-0.25, -0.2) is 9.78 Å². The second-order valence-corrected chi connectivity index (χ2v) is 6.98. The number of nitrogens with one attached hydrogen (secondary N) is 2. The normalized spacial score (nSPS) is 18.7. The number of rotatable bonds is 4. The Kier molecular flexibility index (Phi) is 4.35. The van der Waals surface area contributed by atoms with E-state index in [2.05, 4.69) is 15.3 Å². The summed E-state index contributed by atoms with van der Waals surface area (Å²) in [4.78, 5) is 45.8. The zero-order valence-electron chi connectivity index (χ0n) is 15.6. The predicted octanol–water partition coefficient (Wildman–Crippen LogP) is 1.80. The number of carbonyl (C=O) groups is 2. The van der Waals surface area contributed by atoms with E-state index in [1.54, 1.807) is 55.5 Å². The molecule has 2 aromatic carbocycles. The molecule has 3 amide bonds. The van der Waals surface area contributed by atoms with Crippen LogP contribution in [0.5, 0.6) is 0 Å². The molecule has 1 saturated heterocycles. The van der Waals surface area contributed by atoms with Crippen LogP contribution in [0.25, 0.3) is 10.9 Å². The topological polar surface area (TPSA) is 119 Å². The highest BCUT2D eigenvalue weighted by Crippen LogP contribution is 2.29. The monoisotopic (exact) mass is 387 g/mol. The Morgan fingerprint density at radius 1 is 1.10 bits per heavy atom. The zero-order valence-corrected chi connectivity index (χ0v) is 15.6.